The molecule has 0 unspecified atom stereocenters. The normalized spacial score (nSPS) is 25.6. The fraction of sp³-hybridized carbons (Fsp3) is 0.379. The van der Waals surface area contributed by atoms with E-state index in [0.29, 0.717) is 42.1 Å². The van der Waals surface area contributed by atoms with Gasteiger partial charge in [-0.2, -0.15) is 5.10 Å². The molecule has 1 aliphatic carbocycles. The highest BCUT2D eigenvalue weighted by Gasteiger charge is 2.59. The van der Waals surface area contributed by atoms with Crippen LogP contribution in [0.3, 0.4) is 0 Å². The fourth-order valence-corrected chi connectivity index (χ4v) is 7.91. The van der Waals surface area contributed by atoms with E-state index in [1.165, 1.54) is 23.5 Å². The van der Waals surface area contributed by atoms with E-state index in [4.69, 9.17) is 9.47 Å². The van der Waals surface area contributed by atoms with Gasteiger partial charge in [0.2, 0.25) is 0 Å². The molecule has 4 atom stereocenters. The molecule has 2 N–H and O–H groups in total. The number of halogens is 1. The highest BCUT2D eigenvalue weighted by Crippen LogP contribution is 2.61. The van der Waals surface area contributed by atoms with E-state index in [9.17, 15) is 20.0 Å². The van der Waals surface area contributed by atoms with Crippen molar-refractivity contribution < 1.29 is 24.3 Å². The number of nitro groups is 1. The Labute approximate surface area is 249 Å². The van der Waals surface area contributed by atoms with Gasteiger partial charge < -0.3 is 19.5 Å². The van der Waals surface area contributed by atoms with Gasteiger partial charge in [0, 0.05) is 41.8 Å². The van der Waals surface area contributed by atoms with E-state index in [1.54, 1.807) is 24.1 Å². The number of carbonyl (C=O) groups excluding carboxylic acids is 1. The van der Waals surface area contributed by atoms with E-state index < -0.39 is 16.4 Å². The molecule has 2 aliphatic heterocycles. The summed E-state index contributed by atoms with van der Waals surface area (Å²) in [4.78, 5) is 26.7. The molecule has 10 nitrogen and oxygen atoms in total. The van der Waals surface area contributed by atoms with Gasteiger partial charge >= 0.3 is 0 Å². The summed E-state index contributed by atoms with van der Waals surface area (Å²) < 4.78 is 13.1. The van der Waals surface area contributed by atoms with Crippen molar-refractivity contribution in [1.29, 1.82) is 0 Å². The number of nitrogens with zero attached hydrogens (tertiary/aromatic N) is 3. The SMILES string of the molecule is COc1cc2c3c(c1Br)O[C@@H]1CC(=NNc4ccc([N+](=O)[O-])cc4)C[C@@H](C)[C@]31C[C@@H](CO)N(C(=O)c1cccs1)C2. The number of hydrogen-bond donors (Lipinski definition) is 2. The Kier molecular flexibility index (Phi) is 7.25. The lowest BCUT2D eigenvalue weighted by atomic mass is 9.59. The quantitative estimate of drug-likeness (QED) is 0.260. The van der Waals surface area contributed by atoms with Crippen LogP contribution in [-0.4, -0.2) is 52.4 Å². The molecule has 6 rings (SSSR count). The van der Waals surface area contributed by atoms with Crippen LogP contribution in [0.4, 0.5) is 11.4 Å². The average molecular weight is 642 g/mol. The van der Waals surface area contributed by atoms with Crippen LogP contribution < -0.4 is 14.9 Å². The van der Waals surface area contributed by atoms with Gasteiger partial charge in [-0.3, -0.25) is 20.3 Å². The van der Waals surface area contributed by atoms with E-state index in [0.717, 1.165) is 27.1 Å². The summed E-state index contributed by atoms with van der Waals surface area (Å²) in [6, 6.07) is 11.4. The maximum absolute atomic E-state index is 13.7. The second kappa shape index (κ2) is 10.7. The third kappa shape index (κ3) is 4.58. The number of methoxy groups -OCH3 is 1. The fourth-order valence-electron chi connectivity index (χ4n) is 6.67. The molecule has 0 radical (unpaired) electrons. The van der Waals surface area contributed by atoms with Crippen LogP contribution in [0.15, 0.2) is 57.4 Å². The zero-order chi connectivity index (χ0) is 28.9. The summed E-state index contributed by atoms with van der Waals surface area (Å²) in [5.74, 6) is 1.33. The first-order valence-corrected chi connectivity index (χ1v) is 15.0. The van der Waals surface area contributed by atoms with E-state index >= 15 is 0 Å². The number of hydrazone groups is 1. The van der Waals surface area contributed by atoms with Crippen molar-refractivity contribution in [3.63, 3.8) is 0 Å². The van der Waals surface area contributed by atoms with Crippen molar-refractivity contribution in [2.45, 2.75) is 50.3 Å². The summed E-state index contributed by atoms with van der Waals surface area (Å²) in [6.45, 7) is 2.35. The second-order valence-electron chi connectivity index (χ2n) is 10.8. The lowest BCUT2D eigenvalue weighted by Gasteiger charge is -2.45. The van der Waals surface area contributed by atoms with Crippen LogP contribution >= 0.6 is 27.3 Å². The number of aliphatic hydroxyl groups is 1. The average Bonchev–Trinajstić information content (AvgIpc) is 3.59. The predicted octanol–water partition coefficient (Wildman–Crippen LogP) is 5.73. The van der Waals surface area contributed by atoms with E-state index in [1.807, 2.05) is 23.6 Å². The van der Waals surface area contributed by atoms with Crippen LogP contribution in [0.25, 0.3) is 0 Å². The molecular formula is C29H29BrN4O6S. The maximum Gasteiger partial charge on any atom is 0.269 e. The molecule has 0 saturated heterocycles. The Morgan fingerprint density at radius 1 is 1.34 bits per heavy atom. The highest BCUT2D eigenvalue weighted by atomic mass is 79.9. The molecule has 1 fully saturated rings. The van der Waals surface area contributed by atoms with Gasteiger partial charge in [-0.15, -0.1) is 11.3 Å². The molecule has 41 heavy (non-hydrogen) atoms. The number of aliphatic hydroxyl groups excluding tert-OH is 1. The summed E-state index contributed by atoms with van der Waals surface area (Å²) in [7, 11) is 1.61. The topological polar surface area (TPSA) is 127 Å². The zero-order valence-corrected chi connectivity index (χ0v) is 24.9. The summed E-state index contributed by atoms with van der Waals surface area (Å²) >= 11 is 5.11. The molecule has 1 saturated carbocycles. The number of carbonyl (C=O) groups is 1. The van der Waals surface area contributed by atoms with E-state index in [-0.39, 0.29) is 30.2 Å². The first-order chi connectivity index (χ1) is 19.8. The number of nitro benzene ring substituents is 1. The van der Waals surface area contributed by atoms with Crippen molar-refractivity contribution in [3.05, 3.63) is 78.4 Å². The lowest BCUT2D eigenvalue weighted by molar-refractivity contribution is -0.384. The largest absolute Gasteiger partial charge is 0.495 e. The van der Waals surface area contributed by atoms with Gasteiger partial charge in [0.05, 0.1) is 35.2 Å². The van der Waals surface area contributed by atoms with Crippen molar-refractivity contribution in [3.8, 4) is 11.5 Å². The summed E-state index contributed by atoms with van der Waals surface area (Å²) in [5.41, 5.74) is 6.21. The van der Waals surface area contributed by atoms with Gasteiger partial charge in [0.1, 0.15) is 22.1 Å². The van der Waals surface area contributed by atoms with Gasteiger partial charge in [-0.25, -0.2) is 0 Å². The standard InChI is InChI=1S/C29H29BrN4O6S/c1-16-10-19(32-31-18-5-7-20(8-6-18)34(37)38)12-24-29(16)13-21(15-35)33(28(36)23-4-3-9-41-23)14-17-11-22(39-2)26(30)27(40-24)25(17)29/h3-9,11,16,21,24,31,35H,10,12-15H2,1-2H3/t16-,21+,24-,29+/m1/s1. The summed E-state index contributed by atoms with van der Waals surface area (Å²) in [5, 5.41) is 28.2. The van der Waals surface area contributed by atoms with Gasteiger partial charge in [0.15, 0.2) is 0 Å². The van der Waals surface area contributed by atoms with Crippen LogP contribution in [0.2, 0.25) is 0 Å². The molecule has 12 heteroatoms. The summed E-state index contributed by atoms with van der Waals surface area (Å²) in [6.07, 6.45) is 1.50. The molecule has 3 aliphatic rings. The Bertz CT molecular complexity index is 1530. The van der Waals surface area contributed by atoms with Crippen LogP contribution in [0.5, 0.6) is 11.5 Å². The number of rotatable bonds is 6. The maximum atomic E-state index is 13.7. The first kappa shape index (κ1) is 27.7. The molecule has 2 aromatic carbocycles. The molecule has 1 aromatic heterocycles. The molecule has 1 amide bonds. The van der Waals surface area contributed by atoms with Gasteiger partial charge in [0.25, 0.3) is 11.6 Å². The van der Waals surface area contributed by atoms with E-state index in [2.05, 4.69) is 33.4 Å². The molecular weight excluding hydrogens is 612 g/mol. The molecule has 214 valence electrons. The number of benzene rings is 2. The second-order valence-corrected chi connectivity index (χ2v) is 12.5. The van der Waals surface area contributed by atoms with Crippen LogP contribution in [0, 0.1) is 16.0 Å². The number of anilines is 1. The Morgan fingerprint density at radius 3 is 2.78 bits per heavy atom. The number of hydrogen-bond acceptors (Lipinski definition) is 9. The predicted molar refractivity (Wildman–Crippen MR) is 159 cm³/mol. The zero-order valence-electron chi connectivity index (χ0n) is 22.5. The number of ether oxygens (including phenoxy) is 2. The van der Waals surface area contributed by atoms with Crippen molar-refractivity contribution in [2.24, 2.45) is 11.0 Å². The number of non-ortho nitro benzene ring substituents is 1. The lowest BCUT2D eigenvalue weighted by Crippen LogP contribution is -2.53. The van der Waals surface area contributed by atoms with Crippen molar-refractivity contribution >= 4 is 50.3 Å². The Balaban J connectivity index is 1.38. The number of nitrogens with one attached hydrogen (secondary N) is 1. The molecule has 3 aromatic rings. The van der Waals surface area contributed by atoms with Crippen molar-refractivity contribution in [2.75, 3.05) is 19.1 Å². The Hall–Kier alpha value is -3.48. The molecule has 1 spiro atoms. The molecule has 0 bridgehead atoms. The third-order valence-electron chi connectivity index (χ3n) is 8.61. The smallest absolute Gasteiger partial charge is 0.269 e. The minimum Gasteiger partial charge on any atom is -0.495 e. The van der Waals surface area contributed by atoms with Gasteiger partial charge in [-0.1, -0.05) is 13.0 Å². The monoisotopic (exact) mass is 640 g/mol. The van der Waals surface area contributed by atoms with Crippen molar-refractivity contribution in [1.82, 2.24) is 4.90 Å². The van der Waals surface area contributed by atoms with Gasteiger partial charge in [-0.05, 0) is 69.9 Å². The minimum atomic E-state index is -0.455. The number of thiophene rings is 1. The number of amides is 1. The molecule has 3 heterocycles. The van der Waals surface area contributed by atoms with Crippen LogP contribution in [-0.2, 0) is 12.0 Å². The third-order valence-corrected chi connectivity index (χ3v) is 10.2. The Morgan fingerprint density at radius 2 is 2.12 bits per heavy atom. The minimum absolute atomic E-state index is 0.0174. The highest BCUT2D eigenvalue weighted by molar-refractivity contribution is 9.10. The van der Waals surface area contributed by atoms with Crippen LogP contribution in [0.1, 0.15) is 47.0 Å². The first-order valence-electron chi connectivity index (χ1n) is 13.3.